The van der Waals surface area contributed by atoms with Crippen molar-refractivity contribution in [3.63, 3.8) is 0 Å². The molecule has 1 aromatic heterocycles. The van der Waals surface area contributed by atoms with Crippen LogP contribution >= 0.6 is 0 Å². The molecule has 0 bridgehead atoms. The number of aromatic nitrogens is 1. The van der Waals surface area contributed by atoms with Crippen molar-refractivity contribution in [2.24, 2.45) is 0 Å². The maximum atomic E-state index is 12.5. The lowest BCUT2D eigenvalue weighted by Crippen LogP contribution is -2.33. The van der Waals surface area contributed by atoms with E-state index in [0.717, 1.165) is 0 Å². The van der Waals surface area contributed by atoms with Gasteiger partial charge in [-0.05, 0) is 6.07 Å². The van der Waals surface area contributed by atoms with Crippen LogP contribution in [0.3, 0.4) is 0 Å². The monoisotopic (exact) mass is 280 g/mol. The predicted molar refractivity (Wildman–Crippen MR) is 59.1 cm³/mol. The number of Topliss-reactive ketones (excluding diaryl/α,β-unsaturated/α-hetero) is 1. The number of hydrogen-bond donors (Lipinski definition) is 1. The highest BCUT2D eigenvalue weighted by Crippen LogP contribution is 2.22. The Hall–Kier alpha value is -1.70. The fourth-order valence-corrected chi connectivity index (χ4v) is 1.21. The van der Waals surface area contributed by atoms with E-state index in [1.807, 2.05) is 0 Å². The molecule has 4 nitrogen and oxygen atoms in total. The van der Waals surface area contributed by atoms with Gasteiger partial charge in [-0.3, -0.25) is 9.78 Å². The molecule has 0 spiro atoms. The molecule has 0 aliphatic carbocycles. The molecule has 2 N–H and O–H groups in total. The number of nitrogens with two attached hydrogens (primary N) is 1. The van der Waals surface area contributed by atoms with Gasteiger partial charge in [-0.15, -0.1) is 0 Å². The largest absolute Gasteiger partial charge is 0.398 e. The normalized spacial score (nSPS) is 11.8. The number of carbonyl (C=O) groups is 1. The van der Waals surface area contributed by atoms with Gasteiger partial charge in [0.25, 0.3) is 0 Å². The summed E-state index contributed by atoms with van der Waals surface area (Å²) in [4.78, 5) is 15.1. The SMILES string of the molecule is Nc1ccncc1CC(=O)COCC(F)(F)C(F)F. The molecular formula is C11H12F4N2O2. The average Bonchev–Trinajstić information content (AvgIpc) is 2.31. The molecule has 1 rings (SSSR count). The molecule has 0 atom stereocenters. The van der Waals surface area contributed by atoms with Gasteiger partial charge in [-0.2, -0.15) is 8.78 Å². The van der Waals surface area contributed by atoms with Crippen LogP contribution in [0.4, 0.5) is 23.2 Å². The first kappa shape index (κ1) is 15.4. The number of pyridine rings is 1. The third kappa shape index (κ3) is 4.82. The van der Waals surface area contributed by atoms with Gasteiger partial charge >= 0.3 is 12.3 Å². The maximum absolute atomic E-state index is 12.5. The number of rotatable bonds is 7. The van der Waals surface area contributed by atoms with Gasteiger partial charge in [-0.1, -0.05) is 0 Å². The highest BCUT2D eigenvalue weighted by atomic mass is 19.3. The van der Waals surface area contributed by atoms with E-state index < -0.39 is 31.3 Å². The zero-order valence-corrected chi connectivity index (χ0v) is 9.78. The van der Waals surface area contributed by atoms with E-state index >= 15 is 0 Å². The summed E-state index contributed by atoms with van der Waals surface area (Å²) in [7, 11) is 0. The predicted octanol–water partition coefficient (Wildman–Crippen LogP) is 1.69. The number of nitrogens with zero attached hydrogens (tertiary/aromatic N) is 1. The van der Waals surface area contributed by atoms with Crippen molar-refractivity contribution in [1.29, 1.82) is 0 Å². The first-order chi connectivity index (χ1) is 8.83. The van der Waals surface area contributed by atoms with Crippen molar-refractivity contribution < 1.29 is 27.1 Å². The Kier molecular flexibility index (Phi) is 5.22. The number of ketones is 1. The highest BCUT2D eigenvalue weighted by molar-refractivity contribution is 5.83. The number of hydrogen-bond acceptors (Lipinski definition) is 4. The number of ether oxygens (including phenoxy) is 1. The van der Waals surface area contributed by atoms with Gasteiger partial charge in [0.1, 0.15) is 13.2 Å². The van der Waals surface area contributed by atoms with Gasteiger partial charge in [-0.25, -0.2) is 8.78 Å². The first-order valence-corrected chi connectivity index (χ1v) is 5.26. The molecule has 0 amide bonds. The van der Waals surface area contributed by atoms with Gasteiger partial charge in [0.2, 0.25) is 0 Å². The summed E-state index contributed by atoms with van der Waals surface area (Å²) >= 11 is 0. The molecule has 0 aliphatic heterocycles. The van der Waals surface area contributed by atoms with E-state index in [2.05, 4.69) is 9.72 Å². The van der Waals surface area contributed by atoms with E-state index in [4.69, 9.17) is 5.73 Å². The third-order valence-corrected chi connectivity index (χ3v) is 2.21. The van der Waals surface area contributed by atoms with Crippen molar-refractivity contribution in [2.45, 2.75) is 18.8 Å². The lowest BCUT2D eigenvalue weighted by Gasteiger charge is -2.14. The van der Waals surface area contributed by atoms with Crippen LogP contribution in [-0.2, 0) is 16.0 Å². The summed E-state index contributed by atoms with van der Waals surface area (Å²) in [5, 5.41) is 0. The maximum Gasteiger partial charge on any atom is 0.330 e. The third-order valence-electron chi connectivity index (χ3n) is 2.21. The van der Waals surface area contributed by atoms with Gasteiger partial charge in [0, 0.05) is 30.1 Å². The molecule has 1 aromatic rings. The van der Waals surface area contributed by atoms with E-state index in [9.17, 15) is 22.4 Å². The molecule has 0 radical (unpaired) electrons. The fourth-order valence-electron chi connectivity index (χ4n) is 1.21. The smallest absolute Gasteiger partial charge is 0.330 e. The average molecular weight is 280 g/mol. The minimum Gasteiger partial charge on any atom is -0.398 e. The summed E-state index contributed by atoms with van der Waals surface area (Å²) < 4.78 is 52.8. The van der Waals surface area contributed by atoms with Gasteiger partial charge in [0.15, 0.2) is 5.78 Å². The van der Waals surface area contributed by atoms with Crippen molar-refractivity contribution in [3.05, 3.63) is 24.0 Å². The van der Waals surface area contributed by atoms with Gasteiger partial charge in [0.05, 0.1) is 0 Å². The zero-order valence-electron chi connectivity index (χ0n) is 9.78. The number of anilines is 1. The van der Waals surface area contributed by atoms with E-state index in [-0.39, 0.29) is 6.42 Å². The zero-order chi connectivity index (χ0) is 14.5. The topological polar surface area (TPSA) is 65.2 Å². The van der Waals surface area contributed by atoms with Crippen LogP contribution in [0.2, 0.25) is 0 Å². The van der Waals surface area contributed by atoms with E-state index in [0.29, 0.717) is 11.3 Å². The van der Waals surface area contributed by atoms with Crippen molar-refractivity contribution >= 4 is 11.5 Å². The molecule has 19 heavy (non-hydrogen) atoms. The number of halogens is 4. The molecule has 0 aliphatic rings. The quantitative estimate of drug-likeness (QED) is 0.772. The Morgan fingerprint density at radius 1 is 1.47 bits per heavy atom. The van der Waals surface area contributed by atoms with Crippen LogP contribution in [0.1, 0.15) is 5.56 Å². The summed E-state index contributed by atoms with van der Waals surface area (Å²) in [6.45, 7) is -2.18. The van der Waals surface area contributed by atoms with Gasteiger partial charge < -0.3 is 10.5 Å². The number of carbonyl (C=O) groups excluding carboxylic acids is 1. The van der Waals surface area contributed by atoms with Crippen LogP contribution < -0.4 is 5.73 Å². The van der Waals surface area contributed by atoms with Crippen LogP contribution in [0.15, 0.2) is 18.5 Å². The lowest BCUT2D eigenvalue weighted by molar-refractivity contribution is -0.168. The first-order valence-electron chi connectivity index (χ1n) is 5.26. The Morgan fingerprint density at radius 2 is 2.16 bits per heavy atom. The highest BCUT2D eigenvalue weighted by Gasteiger charge is 2.41. The summed E-state index contributed by atoms with van der Waals surface area (Å²) in [6.07, 6.45) is -1.18. The van der Waals surface area contributed by atoms with Crippen LogP contribution in [0.5, 0.6) is 0 Å². The second kappa shape index (κ2) is 6.46. The molecular weight excluding hydrogens is 268 g/mol. The molecule has 0 fully saturated rings. The minimum absolute atomic E-state index is 0.153. The second-order valence-corrected chi connectivity index (χ2v) is 3.84. The number of nitrogen functional groups attached to an aromatic ring is 1. The molecule has 8 heteroatoms. The van der Waals surface area contributed by atoms with Crippen molar-refractivity contribution in [2.75, 3.05) is 18.9 Å². The fraction of sp³-hybridized carbons (Fsp3) is 0.455. The Balaban J connectivity index is 2.39. The molecule has 0 aromatic carbocycles. The van der Waals surface area contributed by atoms with Crippen molar-refractivity contribution in [3.8, 4) is 0 Å². The number of alkyl halides is 4. The van der Waals surface area contributed by atoms with Crippen LogP contribution in [-0.4, -0.2) is 36.3 Å². The molecule has 0 saturated heterocycles. The molecule has 1 heterocycles. The Morgan fingerprint density at radius 3 is 2.74 bits per heavy atom. The summed E-state index contributed by atoms with van der Waals surface area (Å²) in [5.41, 5.74) is 6.32. The second-order valence-electron chi connectivity index (χ2n) is 3.84. The minimum atomic E-state index is -4.26. The summed E-state index contributed by atoms with van der Waals surface area (Å²) in [5.74, 6) is -4.81. The van der Waals surface area contributed by atoms with Crippen LogP contribution in [0, 0.1) is 0 Å². The standard InChI is InChI=1S/C11H12F4N2O2/c12-10(13)11(14,15)6-19-5-8(18)3-7-4-17-2-1-9(7)16/h1-2,4,10H,3,5-6H2,(H2,16,17). The molecule has 106 valence electrons. The summed E-state index contributed by atoms with van der Waals surface area (Å²) in [6, 6.07) is 1.48. The van der Waals surface area contributed by atoms with Crippen LogP contribution in [0.25, 0.3) is 0 Å². The Bertz CT molecular complexity index is 440. The Labute approximate surface area is 106 Å². The van der Waals surface area contributed by atoms with E-state index in [1.54, 1.807) is 0 Å². The molecule has 0 unspecified atom stereocenters. The lowest BCUT2D eigenvalue weighted by atomic mass is 10.1. The van der Waals surface area contributed by atoms with Crippen molar-refractivity contribution in [1.82, 2.24) is 4.98 Å². The molecule has 0 saturated carbocycles. The van der Waals surface area contributed by atoms with E-state index in [1.165, 1.54) is 18.5 Å².